The summed E-state index contributed by atoms with van der Waals surface area (Å²) in [7, 11) is 0. The van der Waals surface area contributed by atoms with E-state index >= 15 is 0 Å². The number of hydrogen-bond donors (Lipinski definition) is 1. The molecule has 0 aliphatic carbocycles. The number of carbonyl (C=O) groups is 1. The van der Waals surface area contributed by atoms with Crippen molar-refractivity contribution in [1.29, 1.82) is 0 Å². The summed E-state index contributed by atoms with van der Waals surface area (Å²) in [6.45, 7) is 7.76. The van der Waals surface area contributed by atoms with Gasteiger partial charge in [0.1, 0.15) is 5.82 Å². The van der Waals surface area contributed by atoms with Crippen LogP contribution in [0.15, 0.2) is 60.8 Å². The number of amides is 1. The van der Waals surface area contributed by atoms with E-state index in [1.807, 2.05) is 25.1 Å². The second-order valence-corrected chi connectivity index (χ2v) is 8.53. The topological polar surface area (TPSA) is 58.1 Å². The van der Waals surface area contributed by atoms with Crippen molar-refractivity contribution >= 4 is 11.7 Å². The molecule has 5 nitrogen and oxygen atoms in total. The van der Waals surface area contributed by atoms with Crippen LogP contribution in [-0.2, 0) is 4.79 Å². The van der Waals surface area contributed by atoms with E-state index < -0.39 is 0 Å². The molecule has 0 unspecified atom stereocenters. The lowest BCUT2D eigenvalue weighted by molar-refractivity contribution is -0.125. The third kappa shape index (κ3) is 5.10. The van der Waals surface area contributed by atoms with Gasteiger partial charge in [-0.2, -0.15) is 0 Å². The second-order valence-electron chi connectivity index (χ2n) is 8.53. The predicted octanol–water partition coefficient (Wildman–Crippen LogP) is 4.85. The molecule has 5 heteroatoms. The van der Waals surface area contributed by atoms with Crippen molar-refractivity contribution in [2.24, 2.45) is 5.92 Å². The number of carbonyl (C=O) groups excluding carboxylic acids is 1. The van der Waals surface area contributed by atoms with E-state index in [1.165, 1.54) is 11.1 Å². The molecule has 1 saturated heterocycles. The summed E-state index contributed by atoms with van der Waals surface area (Å²) < 4.78 is 0. The van der Waals surface area contributed by atoms with Gasteiger partial charge in [-0.15, -0.1) is 0 Å². The molecule has 1 aromatic heterocycles. The van der Waals surface area contributed by atoms with Gasteiger partial charge in [-0.3, -0.25) is 4.79 Å². The van der Waals surface area contributed by atoms with E-state index in [1.54, 1.807) is 6.20 Å². The molecule has 2 atom stereocenters. The minimum absolute atomic E-state index is 0.00401. The number of nitrogens with zero attached hydrogens (tertiary/aromatic N) is 3. The van der Waals surface area contributed by atoms with Crippen LogP contribution in [0.2, 0.25) is 0 Å². The van der Waals surface area contributed by atoms with Crippen molar-refractivity contribution in [3.63, 3.8) is 0 Å². The van der Waals surface area contributed by atoms with Crippen LogP contribution >= 0.6 is 0 Å². The lowest BCUT2D eigenvalue weighted by Gasteiger charge is -2.33. The standard InChI is InChI=1S/C26H30N4O/c1-18-6-10-21(11-7-18)20(3)28-26(31)23-5-4-16-30(17-23)24-14-15-27-25(29-24)22-12-8-19(2)9-13-22/h6-15,20,23H,4-5,16-17H2,1-3H3,(H,28,31)/t20-,23-/m0/s1. The lowest BCUT2D eigenvalue weighted by Crippen LogP contribution is -2.44. The Hall–Kier alpha value is -3.21. The van der Waals surface area contributed by atoms with E-state index in [0.29, 0.717) is 6.54 Å². The van der Waals surface area contributed by atoms with E-state index in [2.05, 4.69) is 65.4 Å². The predicted molar refractivity (Wildman–Crippen MR) is 125 cm³/mol. The molecule has 1 aliphatic rings. The van der Waals surface area contributed by atoms with Crippen LogP contribution in [0.3, 0.4) is 0 Å². The van der Waals surface area contributed by atoms with Crippen molar-refractivity contribution in [2.45, 2.75) is 39.7 Å². The Balaban J connectivity index is 1.43. The van der Waals surface area contributed by atoms with Gasteiger partial charge < -0.3 is 10.2 Å². The molecule has 1 aliphatic heterocycles. The molecule has 160 valence electrons. The zero-order valence-corrected chi connectivity index (χ0v) is 18.5. The Labute approximate surface area is 184 Å². The second kappa shape index (κ2) is 9.29. The number of nitrogens with one attached hydrogen (secondary N) is 1. The highest BCUT2D eigenvalue weighted by molar-refractivity contribution is 5.80. The third-order valence-corrected chi connectivity index (χ3v) is 6.00. The maximum Gasteiger partial charge on any atom is 0.225 e. The molecule has 31 heavy (non-hydrogen) atoms. The Morgan fingerprint density at radius 1 is 1.03 bits per heavy atom. The smallest absolute Gasteiger partial charge is 0.225 e. The summed E-state index contributed by atoms with van der Waals surface area (Å²) >= 11 is 0. The Morgan fingerprint density at radius 2 is 1.71 bits per heavy atom. The van der Waals surface area contributed by atoms with E-state index in [0.717, 1.165) is 42.2 Å². The summed E-state index contributed by atoms with van der Waals surface area (Å²) in [6.07, 6.45) is 3.68. The Kier molecular flexibility index (Phi) is 6.31. The molecule has 0 radical (unpaired) electrons. The SMILES string of the molecule is Cc1ccc(-c2nccc(N3CCC[C@H](C(=O)N[C@@H](C)c4ccc(C)cc4)C3)n2)cc1. The van der Waals surface area contributed by atoms with Crippen LogP contribution in [0.4, 0.5) is 5.82 Å². The molecule has 0 saturated carbocycles. The van der Waals surface area contributed by atoms with Gasteiger partial charge >= 0.3 is 0 Å². The molecule has 1 amide bonds. The largest absolute Gasteiger partial charge is 0.356 e. The van der Waals surface area contributed by atoms with Crippen molar-refractivity contribution < 1.29 is 4.79 Å². The van der Waals surface area contributed by atoms with Crippen LogP contribution < -0.4 is 10.2 Å². The highest BCUT2D eigenvalue weighted by Crippen LogP contribution is 2.25. The van der Waals surface area contributed by atoms with Crippen molar-refractivity contribution in [2.75, 3.05) is 18.0 Å². The number of aryl methyl sites for hydroxylation is 2. The van der Waals surface area contributed by atoms with Gasteiger partial charge in [0, 0.05) is 24.8 Å². The summed E-state index contributed by atoms with van der Waals surface area (Å²) in [5.41, 5.74) is 4.57. The normalized spacial score (nSPS) is 17.3. The zero-order valence-electron chi connectivity index (χ0n) is 18.5. The van der Waals surface area contributed by atoms with Gasteiger partial charge in [0.15, 0.2) is 5.82 Å². The molecule has 0 spiro atoms. The number of aromatic nitrogens is 2. The summed E-state index contributed by atoms with van der Waals surface area (Å²) in [5, 5.41) is 3.20. The number of anilines is 1. The van der Waals surface area contributed by atoms with Crippen molar-refractivity contribution in [3.8, 4) is 11.4 Å². The quantitative estimate of drug-likeness (QED) is 0.648. The molecule has 2 heterocycles. The zero-order chi connectivity index (χ0) is 21.8. The van der Waals surface area contributed by atoms with Crippen LogP contribution in [0, 0.1) is 19.8 Å². The summed E-state index contributed by atoms with van der Waals surface area (Å²) in [5.74, 6) is 1.68. The average molecular weight is 415 g/mol. The molecule has 1 N–H and O–H groups in total. The van der Waals surface area contributed by atoms with E-state index in [4.69, 9.17) is 4.98 Å². The molecule has 3 aromatic rings. The lowest BCUT2D eigenvalue weighted by atomic mass is 9.96. The fourth-order valence-corrected chi connectivity index (χ4v) is 4.04. The first-order valence-electron chi connectivity index (χ1n) is 11.0. The molecule has 0 bridgehead atoms. The Morgan fingerprint density at radius 3 is 2.42 bits per heavy atom. The molecule has 4 rings (SSSR count). The van der Waals surface area contributed by atoms with Crippen LogP contribution in [-0.4, -0.2) is 29.0 Å². The molecule has 1 fully saturated rings. The molecule has 2 aromatic carbocycles. The van der Waals surface area contributed by atoms with Crippen LogP contribution in [0.1, 0.15) is 42.5 Å². The fourth-order valence-electron chi connectivity index (χ4n) is 4.04. The Bertz CT molecular complexity index is 1030. The van der Waals surface area contributed by atoms with Crippen molar-refractivity contribution in [3.05, 3.63) is 77.5 Å². The summed E-state index contributed by atoms with van der Waals surface area (Å²) in [4.78, 5) is 24.4. The first-order chi connectivity index (χ1) is 15.0. The number of benzene rings is 2. The van der Waals surface area contributed by atoms with Crippen LogP contribution in [0.5, 0.6) is 0 Å². The maximum absolute atomic E-state index is 13.0. The maximum atomic E-state index is 13.0. The van der Waals surface area contributed by atoms with Gasteiger partial charge in [0.2, 0.25) is 5.91 Å². The average Bonchev–Trinajstić information content (AvgIpc) is 2.80. The molecular weight excluding hydrogens is 384 g/mol. The van der Waals surface area contributed by atoms with E-state index in [-0.39, 0.29) is 17.9 Å². The van der Waals surface area contributed by atoms with Gasteiger partial charge in [-0.1, -0.05) is 59.7 Å². The first kappa shape index (κ1) is 21.0. The van der Waals surface area contributed by atoms with E-state index in [9.17, 15) is 4.79 Å². The third-order valence-electron chi connectivity index (χ3n) is 6.00. The number of rotatable bonds is 5. The highest BCUT2D eigenvalue weighted by atomic mass is 16.2. The monoisotopic (exact) mass is 414 g/mol. The fraction of sp³-hybridized carbons (Fsp3) is 0.346. The summed E-state index contributed by atoms with van der Waals surface area (Å²) in [6, 6.07) is 18.5. The number of piperidine rings is 1. The van der Waals surface area contributed by atoms with Crippen molar-refractivity contribution in [1.82, 2.24) is 15.3 Å². The minimum atomic E-state index is -0.0422. The van der Waals surface area contributed by atoms with Gasteiger partial charge in [-0.25, -0.2) is 9.97 Å². The van der Waals surface area contributed by atoms with Crippen LogP contribution in [0.25, 0.3) is 11.4 Å². The highest BCUT2D eigenvalue weighted by Gasteiger charge is 2.27. The molecular formula is C26H30N4O. The van der Waals surface area contributed by atoms with Gasteiger partial charge in [-0.05, 0) is 45.2 Å². The number of hydrogen-bond acceptors (Lipinski definition) is 4. The van der Waals surface area contributed by atoms with Gasteiger partial charge in [0.25, 0.3) is 0 Å². The minimum Gasteiger partial charge on any atom is -0.356 e. The van der Waals surface area contributed by atoms with Gasteiger partial charge in [0.05, 0.1) is 12.0 Å². The first-order valence-corrected chi connectivity index (χ1v) is 11.0.